The lowest BCUT2D eigenvalue weighted by Crippen LogP contribution is -1.88. The average Bonchev–Trinajstić information content (AvgIpc) is 2.95. The summed E-state index contributed by atoms with van der Waals surface area (Å²) < 4.78 is 5.44. The molecule has 3 nitrogen and oxygen atoms in total. The van der Waals surface area contributed by atoms with E-state index in [4.69, 9.17) is 21.9 Å². The van der Waals surface area contributed by atoms with Gasteiger partial charge in [0.2, 0.25) is 0 Å². The summed E-state index contributed by atoms with van der Waals surface area (Å²) >= 11 is 7.60. The third-order valence-corrected chi connectivity index (χ3v) is 4.64. The maximum Gasteiger partial charge on any atom is 0.186 e. The fourth-order valence-electron chi connectivity index (χ4n) is 2.05. The molecule has 0 aliphatic heterocycles. The Hall–Kier alpha value is -1.78. The van der Waals surface area contributed by atoms with Crippen LogP contribution in [0.2, 0.25) is 5.02 Å². The number of hydrogen-bond acceptors (Lipinski definition) is 4. The predicted octanol–water partition coefficient (Wildman–Crippen LogP) is 4.92. The SMILES string of the molecule is Cc1cc(-c2onc(N)c2-c2ccc(Cl)cc2)sc1C. The molecule has 0 aliphatic carbocycles. The van der Waals surface area contributed by atoms with Gasteiger partial charge in [-0.15, -0.1) is 11.3 Å². The van der Waals surface area contributed by atoms with Crippen molar-refractivity contribution in [1.82, 2.24) is 5.16 Å². The van der Waals surface area contributed by atoms with Gasteiger partial charge in [-0.3, -0.25) is 0 Å². The van der Waals surface area contributed by atoms with Crippen LogP contribution in [0.25, 0.3) is 21.8 Å². The molecule has 1 aromatic carbocycles. The number of nitrogen functional groups attached to an aromatic ring is 1. The van der Waals surface area contributed by atoms with E-state index in [1.807, 2.05) is 24.3 Å². The molecule has 3 aromatic rings. The molecular weight excluding hydrogens is 292 g/mol. The number of aryl methyl sites for hydroxylation is 2. The maximum absolute atomic E-state index is 5.96. The second-order valence-corrected chi connectivity index (χ2v) is 6.32. The predicted molar refractivity (Wildman–Crippen MR) is 84.1 cm³/mol. The van der Waals surface area contributed by atoms with E-state index >= 15 is 0 Å². The van der Waals surface area contributed by atoms with Crippen LogP contribution in [-0.2, 0) is 0 Å². The standard InChI is InChI=1S/C15H13ClN2OS/c1-8-7-12(20-9(8)2)14-13(15(17)18-19-14)10-3-5-11(16)6-4-10/h3-7H,1-2H3,(H2,17,18). The Bertz CT molecular complexity index is 739. The van der Waals surface area contributed by atoms with E-state index in [0.29, 0.717) is 16.6 Å². The lowest BCUT2D eigenvalue weighted by molar-refractivity contribution is 0.437. The fourth-order valence-corrected chi connectivity index (χ4v) is 3.19. The van der Waals surface area contributed by atoms with Crippen LogP contribution >= 0.6 is 22.9 Å². The summed E-state index contributed by atoms with van der Waals surface area (Å²) in [7, 11) is 0. The topological polar surface area (TPSA) is 52.0 Å². The third kappa shape index (κ3) is 2.21. The molecule has 3 rings (SSSR count). The highest BCUT2D eigenvalue weighted by Gasteiger charge is 2.19. The van der Waals surface area contributed by atoms with Crippen molar-refractivity contribution in [3.05, 3.63) is 45.8 Å². The number of nitrogens with two attached hydrogens (primary N) is 1. The average molecular weight is 305 g/mol. The Morgan fingerprint density at radius 3 is 2.50 bits per heavy atom. The lowest BCUT2D eigenvalue weighted by atomic mass is 10.0. The van der Waals surface area contributed by atoms with Gasteiger partial charge < -0.3 is 10.3 Å². The van der Waals surface area contributed by atoms with Crippen LogP contribution in [0.15, 0.2) is 34.9 Å². The number of nitrogens with zero attached hydrogens (tertiary/aromatic N) is 1. The molecule has 0 unspecified atom stereocenters. The second kappa shape index (κ2) is 4.96. The maximum atomic E-state index is 5.96. The minimum absolute atomic E-state index is 0.394. The third-order valence-electron chi connectivity index (χ3n) is 3.24. The molecule has 0 amide bonds. The summed E-state index contributed by atoms with van der Waals surface area (Å²) in [6.07, 6.45) is 0. The van der Waals surface area contributed by atoms with E-state index in [0.717, 1.165) is 16.0 Å². The van der Waals surface area contributed by atoms with Crippen molar-refractivity contribution < 1.29 is 4.52 Å². The molecule has 0 saturated heterocycles. The quantitative estimate of drug-likeness (QED) is 0.731. The molecule has 2 N–H and O–H groups in total. The molecule has 0 aliphatic rings. The highest BCUT2D eigenvalue weighted by Crippen LogP contribution is 2.40. The first-order chi connectivity index (χ1) is 9.56. The van der Waals surface area contributed by atoms with Gasteiger partial charge >= 0.3 is 0 Å². The second-order valence-electron chi connectivity index (χ2n) is 4.63. The molecule has 0 spiro atoms. The zero-order chi connectivity index (χ0) is 14.3. The Kier molecular flexibility index (Phi) is 3.28. The van der Waals surface area contributed by atoms with Crippen LogP contribution in [0.5, 0.6) is 0 Å². The summed E-state index contributed by atoms with van der Waals surface area (Å²) in [5.41, 5.74) is 8.97. The zero-order valence-corrected chi connectivity index (χ0v) is 12.7. The van der Waals surface area contributed by atoms with Gasteiger partial charge in [0.25, 0.3) is 0 Å². The normalized spacial score (nSPS) is 10.9. The largest absolute Gasteiger partial charge is 0.380 e. The summed E-state index contributed by atoms with van der Waals surface area (Å²) in [6, 6.07) is 9.60. The van der Waals surface area contributed by atoms with Gasteiger partial charge in [0, 0.05) is 9.90 Å². The van der Waals surface area contributed by atoms with Gasteiger partial charge in [-0.25, -0.2) is 0 Å². The van der Waals surface area contributed by atoms with Crippen LogP contribution < -0.4 is 5.73 Å². The van der Waals surface area contributed by atoms with Crippen molar-refractivity contribution in [3.63, 3.8) is 0 Å². The summed E-state index contributed by atoms with van der Waals surface area (Å²) in [5.74, 6) is 1.11. The summed E-state index contributed by atoms with van der Waals surface area (Å²) in [5, 5.41) is 4.60. The Morgan fingerprint density at radius 2 is 1.90 bits per heavy atom. The molecule has 102 valence electrons. The molecule has 0 radical (unpaired) electrons. The van der Waals surface area contributed by atoms with E-state index in [1.165, 1.54) is 10.4 Å². The first-order valence-corrected chi connectivity index (χ1v) is 7.34. The number of thiophene rings is 1. The molecule has 20 heavy (non-hydrogen) atoms. The molecule has 0 saturated carbocycles. The number of benzene rings is 1. The summed E-state index contributed by atoms with van der Waals surface area (Å²) in [6.45, 7) is 4.17. The van der Waals surface area contributed by atoms with Crippen LogP contribution in [0, 0.1) is 13.8 Å². The number of rotatable bonds is 2. The van der Waals surface area contributed by atoms with E-state index < -0.39 is 0 Å². The zero-order valence-electron chi connectivity index (χ0n) is 11.1. The lowest BCUT2D eigenvalue weighted by Gasteiger charge is -2.01. The van der Waals surface area contributed by atoms with Gasteiger partial charge in [0.05, 0.1) is 10.4 Å². The molecule has 2 heterocycles. The van der Waals surface area contributed by atoms with Crippen molar-refractivity contribution >= 4 is 28.8 Å². The minimum atomic E-state index is 0.394. The molecule has 0 bridgehead atoms. The van der Waals surface area contributed by atoms with Crippen LogP contribution in [0.1, 0.15) is 10.4 Å². The highest BCUT2D eigenvalue weighted by atomic mass is 35.5. The van der Waals surface area contributed by atoms with E-state index in [-0.39, 0.29) is 0 Å². The molecular formula is C15H13ClN2OS. The molecule has 0 fully saturated rings. The minimum Gasteiger partial charge on any atom is -0.380 e. The van der Waals surface area contributed by atoms with Gasteiger partial charge in [-0.05, 0) is 43.2 Å². The number of halogens is 1. The number of hydrogen-bond donors (Lipinski definition) is 1. The Balaban J connectivity index is 2.16. The van der Waals surface area contributed by atoms with Crippen LogP contribution in [-0.4, -0.2) is 5.16 Å². The first-order valence-electron chi connectivity index (χ1n) is 6.14. The van der Waals surface area contributed by atoms with E-state index in [1.54, 1.807) is 11.3 Å². The molecule has 2 aromatic heterocycles. The number of aromatic nitrogens is 1. The van der Waals surface area contributed by atoms with Gasteiger partial charge in [0.15, 0.2) is 11.6 Å². The van der Waals surface area contributed by atoms with E-state index in [2.05, 4.69) is 25.1 Å². The van der Waals surface area contributed by atoms with Crippen molar-refractivity contribution in [2.45, 2.75) is 13.8 Å². The number of anilines is 1. The van der Waals surface area contributed by atoms with Crippen molar-refractivity contribution in [3.8, 4) is 21.8 Å². The van der Waals surface area contributed by atoms with Crippen LogP contribution in [0.3, 0.4) is 0 Å². The monoisotopic (exact) mass is 304 g/mol. The fraction of sp³-hybridized carbons (Fsp3) is 0.133. The van der Waals surface area contributed by atoms with Gasteiger partial charge in [-0.2, -0.15) is 0 Å². The van der Waals surface area contributed by atoms with Gasteiger partial charge in [-0.1, -0.05) is 28.9 Å². The van der Waals surface area contributed by atoms with Crippen molar-refractivity contribution in [2.24, 2.45) is 0 Å². The van der Waals surface area contributed by atoms with Crippen LogP contribution in [0.4, 0.5) is 5.82 Å². The Labute approximate surface area is 126 Å². The van der Waals surface area contributed by atoms with Gasteiger partial charge in [0.1, 0.15) is 0 Å². The van der Waals surface area contributed by atoms with E-state index in [9.17, 15) is 0 Å². The molecule has 0 atom stereocenters. The smallest absolute Gasteiger partial charge is 0.186 e. The first kappa shape index (κ1) is 13.2. The Morgan fingerprint density at radius 1 is 1.20 bits per heavy atom. The van der Waals surface area contributed by atoms with Crippen molar-refractivity contribution in [2.75, 3.05) is 5.73 Å². The summed E-state index contributed by atoms with van der Waals surface area (Å²) in [4.78, 5) is 2.30. The molecule has 5 heteroatoms. The van der Waals surface area contributed by atoms with Crippen molar-refractivity contribution in [1.29, 1.82) is 0 Å². The highest BCUT2D eigenvalue weighted by molar-refractivity contribution is 7.15.